The van der Waals surface area contributed by atoms with Crippen LogP contribution in [0.2, 0.25) is 0 Å². The lowest BCUT2D eigenvalue weighted by molar-refractivity contribution is 0.0954. The molecule has 0 saturated carbocycles. The van der Waals surface area contributed by atoms with Gasteiger partial charge >= 0.3 is 0 Å². The number of hydrogen-bond donors (Lipinski definition) is 1. The minimum absolute atomic E-state index is 0.0606. The van der Waals surface area contributed by atoms with E-state index in [0.29, 0.717) is 12.1 Å². The summed E-state index contributed by atoms with van der Waals surface area (Å²) in [6, 6.07) is 11.5. The Hall–Kier alpha value is -1.68. The number of benzene rings is 1. The number of hydrogen-bond acceptors (Lipinski definition) is 2. The lowest BCUT2D eigenvalue weighted by Crippen LogP contribution is -2.25. The molecule has 0 spiro atoms. The first-order chi connectivity index (χ1) is 8.75. The standard InChI is InChI=1S/C14H13BrN2O/c15-13-3-1-11(2-4-13)5-10-17-14(18)12-6-8-16-9-7-12/h1-4,6-9H,5,10H2,(H,17,18). The number of nitrogens with zero attached hydrogens (tertiary/aromatic N) is 1. The Bertz CT molecular complexity index is 511. The highest BCUT2D eigenvalue weighted by Crippen LogP contribution is 2.10. The molecule has 0 radical (unpaired) electrons. The molecule has 1 aromatic heterocycles. The van der Waals surface area contributed by atoms with E-state index in [1.807, 2.05) is 24.3 Å². The predicted octanol–water partition coefficient (Wildman–Crippen LogP) is 2.82. The first-order valence-electron chi connectivity index (χ1n) is 5.68. The van der Waals surface area contributed by atoms with E-state index in [1.165, 1.54) is 5.56 Å². The number of amides is 1. The van der Waals surface area contributed by atoms with E-state index in [4.69, 9.17) is 0 Å². The Balaban J connectivity index is 1.82. The van der Waals surface area contributed by atoms with E-state index in [9.17, 15) is 4.79 Å². The molecule has 1 N–H and O–H groups in total. The van der Waals surface area contributed by atoms with Crippen LogP contribution in [0.4, 0.5) is 0 Å². The molecule has 0 aliphatic heterocycles. The minimum Gasteiger partial charge on any atom is -0.352 e. The molecule has 0 fully saturated rings. The monoisotopic (exact) mass is 304 g/mol. The van der Waals surface area contributed by atoms with Gasteiger partial charge in [-0.05, 0) is 36.2 Å². The van der Waals surface area contributed by atoms with Crippen molar-refractivity contribution in [3.8, 4) is 0 Å². The lowest BCUT2D eigenvalue weighted by atomic mass is 10.1. The van der Waals surface area contributed by atoms with Gasteiger partial charge in [0.05, 0.1) is 0 Å². The van der Waals surface area contributed by atoms with Crippen molar-refractivity contribution < 1.29 is 4.79 Å². The highest BCUT2D eigenvalue weighted by molar-refractivity contribution is 9.10. The molecule has 18 heavy (non-hydrogen) atoms. The van der Waals surface area contributed by atoms with Crippen LogP contribution < -0.4 is 5.32 Å². The van der Waals surface area contributed by atoms with Gasteiger partial charge in [0.2, 0.25) is 0 Å². The molecule has 1 aromatic carbocycles. The highest BCUT2D eigenvalue weighted by atomic mass is 79.9. The summed E-state index contributed by atoms with van der Waals surface area (Å²) in [5.41, 5.74) is 1.84. The molecule has 1 heterocycles. The maximum atomic E-state index is 11.7. The molecule has 92 valence electrons. The summed E-state index contributed by atoms with van der Waals surface area (Å²) in [5.74, 6) is -0.0606. The third-order valence-electron chi connectivity index (χ3n) is 2.55. The van der Waals surface area contributed by atoms with Crippen LogP contribution in [-0.2, 0) is 6.42 Å². The van der Waals surface area contributed by atoms with Crippen molar-refractivity contribution in [2.75, 3.05) is 6.54 Å². The lowest BCUT2D eigenvalue weighted by Gasteiger charge is -2.05. The van der Waals surface area contributed by atoms with Crippen LogP contribution in [0.15, 0.2) is 53.3 Å². The minimum atomic E-state index is -0.0606. The predicted molar refractivity (Wildman–Crippen MR) is 74.4 cm³/mol. The first-order valence-corrected chi connectivity index (χ1v) is 6.47. The van der Waals surface area contributed by atoms with Crippen molar-refractivity contribution in [1.29, 1.82) is 0 Å². The van der Waals surface area contributed by atoms with Crippen LogP contribution in [0, 0.1) is 0 Å². The van der Waals surface area contributed by atoms with E-state index >= 15 is 0 Å². The van der Waals surface area contributed by atoms with E-state index in [0.717, 1.165) is 10.9 Å². The Morgan fingerprint density at radius 1 is 1.11 bits per heavy atom. The summed E-state index contributed by atoms with van der Waals surface area (Å²) in [5, 5.41) is 2.88. The van der Waals surface area contributed by atoms with Gasteiger partial charge in [0.1, 0.15) is 0 Å². The van der Waals surface area contributed by atoms with Crippen LogP contribution in [0.1, 0.15) is 15.9 Å². The summed E-state index contributed by atoms with van der Waals surface area (Å²) in [6.45, 7) is 0.628. The van der Waals surface area contributed by atoms with Gasteiger partial charge in [-0.2, -0.15) is 0 Å². The van der Waals surface area contributed by atoms with E-state index in [2.05, 4.69) is 26.2 Å². The topological polar surface area (TPSA) is 42.0 Å². The average Bonchev–Trinajstić information content (AvgIpc) is 2.42. The number of carbonyl (C=O) groups excluding carboxylic acids is 1. The molecule has 4 heteroatoms. The summed E-state index contributed by atoms with van der Waals surface area (Å²) in [7, 11) is 0. The molecule has 0 aliphatic carbocycles. The van der Waals surface area contributed by atoms with E-state index < -0.39 is 0 Å². The van der Waals surface area contributed by atoms with Crippen molar-refractivity contribution in [3.63, 3.8) is 0 Å². The van der Waals surface area contributed by atoms with Crippen LogP contribution in [0.25, 0.3) is 0 Å². The van der Waals surface area contributed by atoms with Crippen molar-refractivity contribution in [2.45, 2.75) is 6.42 Å². The van der Waals surface area contributed by atoms with Gasteiger partial charge in [-0.1, -0.05) is 28.1 Å². The molecule has 0 aliphatic rings. The zero-order valence-corrected chi connectivity index (χ0v) is 11.4. The molecule has 3 nitrogen and oxygen atoms in total. The number of aromatic nitrogens is 1. The zero-order valence-electron chi connectivity index (χ0n) is 9.77. The third-order valence-corrected chi connectivity index (χ3v) is 3.08. The van der Waals surface area contributed by atoms with E-state index in [1.54, 1.807) is 24.5 Å². The van der Waals surface area contributed by atoms with E-state index in [-0.39, 0.29) is 5.91 Å². The first kappa shape index (κ1) is 12.8. The maximum Gasteiger partial charge on any atom is 0.251 e. The summed E-state index contributed by atoms with van der Waals surface area (Å²) >= 11 is 3.39. The van der Waals surface area contributed by atoms with Crippen molar-refractivity contribution in [3.05, 3.63) is 64.4 Å². The van der Waals surface area contributed by atoms with Gasteiger partial charge in [0, 0.05) is 29.0 Å². The maximum absolute atomic E-state index is 11.7. The molecule has 2 rings (SSSR count). The van der Waals surface area contributed by atoms with Crippen molar-refractivity contribution in [2.24, 2.45) is 0 Å². The summed E-state index contributed by atoms with van der Waals surface area (Å²) in [4.78, 5) is 15.6. The summed E-state index contributed by atoms with van der Waals surface area (Å²) in [6.07, 6.45) is 4.05. The fraction of sp³-hybridized carbons (Fsp3) is 0.143. The Labute approximate surface area is 114 Å². The fourth-order valence-corrected chi connectivity index (χ4v) is 1.84. The molecular weight excluding hydrogens is 292 g/mol. The van der Waals surface area contributed by atoms with Crippen LogP contribution in [0.5, 0.6) is 0 Å². The molecular formula is C14H13BrN2O. The molecule has 0 bridgehead atoms. The molecule has 0 saturated heterocycles. The Kier molecular flexibility index (Phi) is 4.47. The van der Waals surface area contributed by atoms with Crippen LogP contribution in [-0.4, -0.2) is 17.4 Å². The fourth-order valence-electron chi connectivity index (χ4n) is 1.58. The van der Waals surface area contributed by atoms with Crippen LogP contribution >= 0.6 is 15.9 Å². The molecule has 0 unspecified atom stereocenters. The van der Waals surface area contributed by atoms with Gasteiger partial charge < -0.3 is 5.32 Å². The van der Waals surface area contributed by atoms with Crippen molar-refractivity contribution >= 4 is 21.8 Å². The number of nitrogens with one attached hydrogen (secondary N) is 1. The number of carbonyl (C=O) groups is 1. The molecule has 2 aromatic rings. The van der Waals surface area contributed by atoms with Gasteiger partial charge in [-0.3, -0.25) is 9.78 Å². The van der Waals surface area contributed by atoms with Crippen molar-refractivity contribution in [1.82, 2.24) is 10.3 Å². The normalized spacial score (nSPS) is 10.1. The second kappa shape index (κ2) is 6.31. The SMILES string of the molecule is O=C(NCCc1ccc(Br)cc1)c1ccncc1. The second-order valence-electron chi connectivity index (χ2n) is 3.87. The molecule has 0 atom stereocenters. The molecule has 1 amide bonds. The number of halogens is 1. The summed E-state index contributed by atoms with van der Waals surface area (Å²) < 4.78 is 1.06. The largest absolute Gasteiger partial charge is 0.352 e. The number of pyridine rings is 1. The second-order valence-corrected chi connectivity index (χ2v) is 4.78. The average molecular weight is 305 g/mol. The Morgan fingerprint density at radius 2 is 1.78 bits per heavy atom. The third kappa shape index (κ3) is 3.67. The smallest absolute Gasteiger partial charge is 0.251 e. The zero-order chi connectivity index (χ0) is 12.8. The highest BCUT2D eigenvalue weighted by Gasteiger charge is 2.03. The number of rotatable bonds is 4. The quantitative estimate of drug-likeness (QED) is 0.944. The Morgan fingerprint density at radius 3 is 2.44 bits per heavy atom. The van der Waals surface area contributed by atoms with Crippen LogP contribution in [0.3, 0.4) is 0 Å². The van der Waals surface area contributed by atoms with Gasteiger partial charge in [0.25, 0.3) is 5.91 Å². The van der Waals surface area contributed by atoms with Gasteiger partial charge in [-0.15, -0.1) is 0 Å². The van der Waals surface area contributed by atoms with Gasteiger partial charge in [0.15, 0.2) is 0 Å². The van der Waals surface area contributed by atoms with Gasteiger partial charge in [-0.25, -0.2) is 0 Å².